The summed E-state index contributed by atoms with van der Waals surface area (Å²) in [4.78, 5) is 39.9. The van der Waals surface area contributed by atoms with Crippen LogP contribution in [0.4, 0.5) is 10.9 Å². The Morgan fingerprint density at radius 1 is 0.905 bits per heavy atom. The van der Waals surface area contributed by atoms with Crippen molar-refractivity contribution in [1.82, 2.24) is 20.2 Å². The van der Waals surface area contributed by atoms with E-state index in [2.05, 4.69) is 48.2 Å². The lowest BCUT2D eigenvalue weighted by atomic mass is 9.48. The molecule has 2 bridgehead atoms. The molecule has 0 spiro atoms. The molecule has 338 valence electrons. The number of aromatic nitrogens is 2. The normalized spacial score (nSPS) is 23.3. The summed E-state index contributed by atoms with van der Waals surface area (Å²) < 4.78 is 19.5. The number of fused-ring (bicyclic) bond motifs is 4. The number of para-hydroxylation sites is 1. The van der Waals surface area contributed by atoms with E-state index in [1.165, 1.54) is 17.6 Å². The monoisotopic (exact) mass is 879 g/mol. The van der Waals surface area contributed by atoms with Crippen LogP contribution in [0.25, 0.3) is 15.8 Å². The molecule has 13 nitrogen and oxygen atoms in total. The van der Waals surface area contributed by atoms with Crippen LogP contribution in [-0.4, -0.2) is 110 Å². The maximum Gasteiger partial charge on any atom is 0.355 e. The van der Waals surface area contributed by atoms with Crippen LogP contribution in [-0.2, 0) is 27.2 Å². The molecule has 0 saturated heterocycles. The molecule has 0 radical (unpaired) electrons. The van der Waals surface area contributed by atoms with Crippen LogP contribution in [0.3, 0.4) is 0 Å². The summed E-state index contributed by atoms with van der Waals surface area (Å²) in [7, 11) is 4.06. The molecular weight excluding hydrogens is 815 g/mol. The highest BCUT2D eigenvalue weighted by Crippen LogP contribution is 2.62. The van der Waals surface area contributed by atoms with Crippen molar-refractivity contribution in [2.24, 2.45) is 16.2 Å². The second kappa shape index (κ2) is 19.2. The van der Waals surface area contributed by atoms with Gasteiger partial charge in [0.15, 0.2) is 10.8 Å². The number of carbonyl (C=O) groups excluding carboxylic acids is 1. The van der Waals surface area contributed by atoms with Crippen molar-refractivity contribution in [2.45, 2.75) is 85.3 Å². The van der Waals surface area contributed by atoms with Gasteiger partial charge in [0.2, 0.25) is 0 Å². The van der Waals surface area contributed by atoms with Gasteiger partial charge in [0.05, 0.1) is 48.9 Å². The molecule has 4 N–H and O–H groups in total. The van der Waals surface area contributed by atoms with Crippen molar-refractivity contribution >= 4 is 56.2 Å². The number of benzene rings is 2. The summed E-state index contributed by atoms with van der Waals surface area (Å²) in [6, 6.07) is 17.1. The van der Waals surface area contributed by atoms with E-state index < -0.39 is 5.97 Å². The van der Waals surface area contributed by atoms with E-state index in [-0.39, 0.29) is 33.4 Å². The first-order valence-electron chi connectivity index (χ1n) is 22.2. The van der Waals surface area contributed by atoms with Crippen LogP contribution in [0.2, 0.25) is 0 Å². The largest absolute Gasteiger partial charge is 0.476 e. The van der Waals surface area contributed by atoms with E-state index in [0.717, 1.165) is 65.7 Å². The zero-order valence-electron chi connectivity index (χ0n) is 38.1. The SMILES string of the molecule is C/C(NCC1(C)CC2(C)CC(C)(C)CC(OCCOCCOCCN(C)C)(C1)C2)=C(/C=N)c1ccc(N2CCc3cccc(C(=O)Nc4nc5ccccc5s4)c3C2)nc1C(=O)O. The maximum absolute atomic E-state index is 13.7. The summed E-state index contributed by atoms with van der Waals surface area (Å²) >= 11 is 1.43. The highest BCUT2D eigenvalue weighted by molar-refractivity contribution is 7.22. The molecule has 2 aromatic carbocycles. The molecule has 4 aromatic rings. The van der Waals surface area contributed by atoms with Crippen molar-refractivity contribution in [3.8, 4) is 0 Å². The number of hydrogen-bond acceptors (Lipinski definition) is 12. The van der Waals surface area contributed by atoms with Crippen LogP contribution in [0.5, 0.6) is 0 Å². The minimum Gasteiger partial charge on any atom is -0.476 e. The van der Waals surface area contributed by atoms with E-state index in [9.17, 15) is 14.7 Å². The number of nitrogens with one attached hydrogen (secondary N) is 3. The molecule has 2 fully saturated rings. The summed E-state index contributed by atoms with van der Waals surface area (Å²) in [5, 5.41) is 26.2. The maximum atomic E-state index is 13.7. The van der Waals surface area contributed by atoms with E-state index in [1.54, 1.807) is 6.07 Å². The molecule has 3 aliphatic rings. The quantitative estimate of drug-likeness (QED) is 0.0528. The third-order valence-corrected chi connectivity index (χ3v) is 13.8. The molecular formula is C49H65N7O6S. The van der Waals surface area contributed by atoms with Crippen LogP contribution < -0.4 is 15.5 Å². The molecule has 3 atom stereocenters. The van der Waals surface area contributed by atoms with Gasteiger partial charge in [-0.25, -0.2) is 14.8 Å². The summed E-state index contributed by atoms with van der Waals surface area (Å²) in [5.41, 5.74) is 4.60. The van der Waals surface area contributed by atoms with Gasteiger partial charge in [-0.05, 0) is 117 Å². The molecule has 7 rings (SSSR count). The zero-order chi connectivity index (χ0) is 45.0. The Balaban J connectivity index is 1.03. The van der Waals surface area contributed by atoms with Crippen molar-refractivity contribution in [3.05, 3.63) is 88.2 Å². The number of carboxylic acids is 1. The van der Waals surface area contributed by atoms with Crippen molar-refractivity contribution in [2.75, 3.05) is 77.0 Å². The van der Waals surface area contributed by atoms with Gasteiger partial charge in [0.1, 0.15) is 5.82 Å². The van der Waals surface area contributed by atoms with Gasteiger partial charge in [-0.1, -0.05) is 63.3 Å². The number of likely N-dealkylation sites (N-methyl/N-ethyl adjacent to an activating group) is 1. The minimum atomic E-state index is -1.17. The lowest BCUT2D eigenvalue weighted by Gasteiger charge is -2.61. The average molecular weight is 880 g/mol. The van der Waals surface area contributed by atoms with Crippen LogP contribution in [0.1, 0.15) is 104 Å². The molecule has 3 unspecified atom stereocenters. The fourth-order valence-electron chi connectivity index (χ4n) is 11.2. The Bertz CT molecular complexity index is 2310. The van der Waals surface area contributed by atoms with Crippen LogP contribution in [0.15, 0.2) is 60.3 Å². The number of nitrogens with zero attached hydrogens (tertiary/aromatic N) is 4. The number of pyridine rings is 1. The molecule has 3 heterocycles. The first kappa shape index (κ1) is 46.3. The number of ether oxygens (including phenoxy) is 3. The van der Waals surface area contributed by atoms with Gasteiger partial charge in [0, 0.05) is 54.8 Å². The van der Waals surface area contributed by atoms with Gasteiger partial charge in [-0.15, -0.1) is 0 Å². The Morgan fingerprint density at radius 3 is 2.41 bits per heavy atom. The van der Waals surface area contributed by atoms with Crippen molar-refractivity contribution in [1.29, 1.82) is 5.41 Å². The number of aromatic carboxylic acids is 1. The number of carboxylic acid groups (broad SMARTS) is 1. The van der Waals surface area contributed by atoms with Crippen molar-refractivity contribution in [3.63, 3.8) is 0 Å². The van der Waals surface area contributed by atoms with Gasteiger partial charge in [0.25, 0.3) is 5.91 Å². The number of rotatable bonds is 19. The van der Waals surface area contributed by atoms with E-state index >= 15 is 0 Å². The molecule has 1 aliphatic heterocycles. The predicted octanol–water partition coefficient (Wildman–Crippen LogP) is 8.54. The number of carbonyl (C=O) groups is 2. The Kier molecular flexibility index (Phi) is 14.1. The van der Waals surface area contributed by atoms with Gasteiger partial charge >= 0.3 is 5.97 Å². The van der Waals surface area contributed by atoms with E-state index in [0.29, 0.717) is 86.7 Å². The minimum absolute atomic E-state index is 0.0890. The van der Waals surface area contributed by atoms with Gasteiger partial charge in [-0.2, -0.15) is 0 Å². The highest BCUT2D eigenvalue weighted by atomic mass is 32.1. The predicted molar refractivity (Wildman–Crippen MR) is 251 cm³/mol. The standard InChI is InChI=1S/C49H65N7O6S/c1-33(51-32-48(5)29-47(4)27-46(2,3)28-49(30-47,31-48)62-24-23-61-22-21-60-20-19-55(6)7)37(25-50)35-15-16-41(53-42(35)44(58)59)56-18-17-34-11-10-12-36(38(34)26-56)43(57)54-45-52-39-13-8-9-14-40(39)63-45/h8-16,25,50-51H,17-24,26-32H2,1-7H3,(H,58,59)(H,52,54,57)/b37-33+,50-25?. The lowest BCUT2D eigenvalue weighted by molar-refractivity contribution is -0.195. The fraction of sp³-hybridized carbons (Fsp3) is 0.531. The van der Waals surface area contributed by atoms with Crippen molar-refractivity contribution < 1.29 is 28.9 Å². The molecule has 14 heteroatoms. The summed E-state index contributed by atoms with van der Waals surface area (Å²) in [6.07, 6.45) is 6.89. The van der Waals surface area contributed by atoms with Crippen LogP contribution in [0, 0.1) is 21.7 Å². The number of amides is 1. The molecule has 2 aliphatic carbocycles. The number of hydrogen-bond donors (Lipinski definition) is 4. The topological polar surface area (TPSA) is 162 Å². The van der Waals surface area contributed by atoms with E-state index in [1.807, 2.05) is 74.4 Å². The molecule has 2 saturated carbocycles. The van der Waals surface area contributed by atoms with Gasteiger partial charge < -0.3 is 39.8 Å². The number of anilines is 2. The number of thiazole rings is 1. The zero-order valence-corrected chi connectivity index (χ0v) is 38.9. The van der Waals surface area contributed by atoms with E-state index in [4.69, 9.17) is 24.6 Å². The first-order chi connectivity index (χ1) is 30.0. The third-order valence-electron chi connectivity index (χ3n) is 12.8. The highest BCUT2D eigenvalue weighted by Gasteiger charge is 2.57. The smallest absolute Gasteiger partial charge is 0.355 e. The summed E-state index contributed by atoms with van der Waals surface area (Å²) in [5.74, 6) is -0.913. The van der Waals surface area contributed by atoms with Crippen LogP contribution >= 0.6 is 11.3 Å². The molecule has 63 heavy (non-hydrogen) atoms. The lowest BCUT2D eigenvalue weighted by Crippen LogP contribution is -2.58. The Hall–Kier alpha value is -4.73. The average Bonchev–Trinajstić information content (AvgIpc) is 3.63. The third kappa shape index (κ3) is 11.1. The first-order valence-corrected chi connectivity index (χ1v) is 23.0. The Labute approximate surface area is 376 Å². The molecule has 2 aromatic heterocycles. The fourth-order valence-corrected chi connectivity index (χ4v) is 12.1. The second-order valence-corrected chi connectivity index (χ2v) is 20.7. The summed E-state index contributed by atoms with van der Waals surface area (Å²) in [6.45, 7) is 16.7. The molecule has 1 amide bonds. The Morgan fingerprint density at radius 2 is 1.67 bits per heavy atom. The van der Waals surface area contributed by atoms with Gasteiger partial charge in [-0.3, -0.25) is 10.1 Å². The number of allylic oxidation sites excluding steroid dienone is 2. The second-order valence-electron chi connectivity index (χ2n) is 19.7.